The molecule has 0 saturated carbocycles. The first-order valence-electron chi connectivity index (χ1n) is 7.45. The van der Waals surface area contributed by atoms with E-state index < -0.39 is 9.84 Å². The number of benzene rings is 1. The molecular formula is C15H24N2O3S. The number of aliphatic hydroxyl groups is 1. The summed E-state index contributed by atoms with van der Waals surface area (Å²) in [6.07, 6.45) is 0.664. The number of hydrogen-bond donors (Lipinski definition) is 1. The monoisotopic (exact) mass is 312 g/mol. The number of hydrogen-bond acceptors (Lipinski definition) is 5. The number of sulfone groups is 1. The average Bonchev–Trinajstić information content (AvgIpc) is 2.50. The third-order valence-electron chi connectivity index (χ3n) is 3.87. The van der Waals surface area contributed by atoms with Gasteiger partial charge in [0.15, 0.2) is 9.84 Å². The average molecular weight is 312 g/mol. The molecule has 2 rings (SSSR count). The van der Waals surface area contributed by atoms with Crippen molar-refractivity contribution < 1.29 is 13.5 Å². The van der Waals surface area contributed by atoms with Gasteiger partial charge in [0.1, 0.15) is 0 Å². The molecule has 21 heavy (non-hydrogen) atoms. The van der Waals surface area contributed by atoms with Crippen molar-refractivity contribution in [2.24, 2.45) is 0 Å². The molecule has 1 heterocycles. The van der Waals surface area contributed by atoms with Crippen molar-refractivity contribution in [2.45, 2.75) is 11.3 Å². The van der Waals surface area contributed by atoms with E-state index in [1.807, 2.05) is 6.07 Å². The van der Waals surface area contributed by atoms with Crippen molar-refractivity contribution in [3.8, 4) is 0 Å². The summed E-state index contributed by atoms with van der Waals surface area (Å²) >= 11 is 0. The molecule has 1 aliphatic rings. The quantitative estimate of drug-likeness (QED) is 0.793. The second-order valence-corrected chi connectivity index (χ2v) is 7.50. The molecule has 0 atom stereocenters. The van der Waals surface area contributed by atoms with Crippen LogP contribution < -0.4 is 0 Å². The highest BCUT2D eigenvalue weighted by Gasteiger charge is 2.18. The summed E-state index contributed by atoms with van der Waals surface area (Å²) < 4.78 is 24.3. The molecule has 1 aromatic carbocycles. The maximum Gasteiger partial charge on any atom is 0.178 e. The van der Waals surface area contributed by atoms with Crippen molar-refractivity contribution in [3.63, 3.8) is 0 Å². The molecule has 1 N–H and O–H groups in total. The lowest BCUT2D eigenvalue weighted by Gasteiger charge is -2.34. The highest BCUT2D eigenvalue weighted by molar-refractivity contribution is 7.91. The van der Waals surface area contributed by atoms with Crippen LogP contribution in [-0.2, 0) is 9.84 Å². The van der Waals surface area contributed by atoms with E-state index in [0.29, 0.717) is 11.3 Å². The van der Waals surface area contributed by atoms with E-state index in [4.69, 9.17) is 5.11 Å². The lowest BCUT2D eigenvalue weighted by Crippen LogP contribution is -2.47. The molecule has 0 aromatic heterocycles. The minimum atomic E-state index is -3.15. The molecule has 0 bridgehead atoms. The van der Waals surface area contributed by atoms with Crippen LogP contribution in [0.25, 0.3) is 0 Å². The zero-order valence-corrected chi connectivity index (χ0v) is 13.1. The van der Waals surface area contributed by atoms with Gasteiger partial charge in [0, 0.05) is 32.7 Å². The number of β-amino-alcohol motifs (C(OH)–C–C–N with tert-alkyl or cyclic N) is 1. The lowest BCUT2D eigenvalue weighted by molar-refractivity contribution is 0.113. The SMILES string of the molecule is O=S(=O)(CCCN1CCN(CCO)CC1)c1ccccc1. The number of piperazine rings is 1. The second kappa shape index (κ2) is 7.89. The first kappa shape index (κ1) is 16.4. The van der Waals surface area contributed by atoms with Crippen LogP contribution >= 0.6 is 0 Å². The van der Waals surface area contributed by atoms with Gasteiger partial charge in [-0.25, -0.2) is 8.42 Å². The summed E-state index contributed by atoms with van der Waals surface area (Å²) in [7, 11) is -3.15. The Morgan fingerprint density at radius 2 is 1.52 bits per heavy atom. The van der Waals surface area contributed by atoms with Gasteiger partial charge in [0.05, 0.1) is 17.3 Å². The molecule has 0 amide bonds. The van der Waals surface area contributed by atoms with Crippen molar-refractivity contribution in [1.29, 1.82) is 0 Å². The van der Waals surface area contributed by atoms with Crippen molar-refractivity contribution in [1.82, 2.24) is 9.80 Å². The van der Waals surface area contributed by atoms with Crippen molar-refractivity contribution in [2.75, 3.05) is 51.6 Å². The zero-order chi connectivity index (χ0) is 15.1. The summed E-state index contributed by atoms with van der Waals surface area (Å²) in [4.78, 5) is 4.95. The fourth-order valence-corrected chi connectivity index (χ4v) is 3.92. The predicted octanol–water partition coefficient (Wildman–Crippen LogP) is 0.460. The Morgan fingerprint density at radius 1 is 0.952 bits per heavy atom. The van der Waals surface area contributed by atoms with E-state index in [1.54, 1.807) is 24.3 Å². The fraction of sp³-hybridized carbons (Fsp3) is 0.600. The van der Waals surface area contributed by atoms with Gasteiger partial charge in [-0.05, 0) is 25.1 Å². The van der Waals surface area contributed by atoms with Gasteiger partial charge in [-0.15, -0.1) is 0 Å². The van der Waals surface area contributed by atoms with E-state index in [-0.39, 0.29) is 12.4 Å². The third kappa shape index (κ3) is 5.07. The topological polar surface area (TPSA) is 60.9 Å². The summed E-state index contributed by atoms with van der Waals surface area (Å²) in [5, 5.41) is 8.90. The van der Waals surface area contributed by atoms with E-state index in [2.05, 4.69) is 9.80 Å². The molecule has 0 unspecified atom stereocenters. The maximum absolute atomic E-state index is 12.2. The molecule has 0 radical (unpaired) electrons. The molecule has 1 aliphatic heterocycles. The highest BCUT2D eigenvalue weighted by Crippen LogP contribution is 2.11. The summed E-state index contributed by atoms with van der Waals surface area (Å²) in [5.74, 6) is 0.202. The van der Waals surface area contributed by atoms with E-state index in [9.17, 15) is 8.42 Å². The van der Waals surface area contributed by atoms with Crippen LogP contribution in [0, 0.1) is 0 Å². The zero-order valence-electron chi connectivity index (χ0n) is 12.3. The van der Waals surface area contributed by atoms with Crippen LogP contribution in [0.1, 0.15) is 6.42 Å². The van der Waals surface area contributed by atoms with Crippen LogP contribution in [0.2, 0.25) is 0 Å². The summed E-state index contributed by atoms with van der Waals surface area (Å²) in [6, 6.07) is 8.65. The van der Waals surface area contributed by atoms with Gasteiger partial charge in [-0.1, -0.05) is 18.2 Å². The summed E-state index contributed by atoms with van der Waals surface area (Å²) in [5.41, 5.74) is 0. The van der Waals surface area contributed by atoms with Gasteiger partial charge < -0.3 is 10.0 Å². The number of rotatable bonds is 7. The van der Waals surface area contributed by atoms with Crippen LogP contribution in [0.5, 0.6) is 0 Å². The van der Waals surface area contributed by atoms with E-state index in [1.165, 1.54) is 0 Å². The van der Waals surface area contributed by atoms with Gasteiger partial charge in [-0.3, -0.25) is 4.90 Å². The first-order valence-corrected chi connectivity index (χ1v) is 9.10. The Kier molecular flexibility index (Phi) is 6.17. The normalized spacial score (nSPS) is 18.0. The molecule has 6 heteroatoms. The van der Waals surface area contributed by atoms with Crippen LogP contribution in [0.15, 0.2) is 35.2 Å². The van der Waals surface area contributed by atoms with Crippen molar-refractivity contribution >= 4 is 9.84 Å². The van der Waals surface area contributed by atoms with Gasteiger partial charge in [-0.2, -0.15) is 0 Å². The Balaban J connectivity index is 1.73. The Hall–Kier alpha value is -0.950. The van der Waals surface area contributed by atoms with Crippen LogP contribution in [0.3, 0.4) is 0 Å². The standard InChI is InChI=1S/C15H24N2O3S/c18-13-12-17-10-8-16(9-11-17)7-4-14-21(19,20)15-5-2-1-3-6-15/h1-3,5-6,18H,4,7-14H2. The molecule has 1 aromatic rings. The minimum Gasteiger partial charge on any atom is -0.395 e. The lowest BCUT2D eigenvalue weighted by atomic mass is 10.3. The van der Waals surface area contributed by atoms with Crippen molar-refractivity contribution in [3.05, 3.63) is 30.3 Å². The second-order valence-electron chi connectivity index (χ2n) is 5.39. The third-order valence-corrected chi connectivity index (χ3v) is 5.69. The highest BCUT2D eigenvalue weighted by atomic mass is 32.2. The smallest absolute Gasteiger partial charge is 0.178 e. The fourth-order valence-electron chi connectivity index (χ4n) is 2.60. The van der Waals surface area contributed by atoms with E-state index in [0.717, 1.165) is 39.3 Å². The predicted molar refractivity (Wildman–Crippen MR) is 83.1 cm³/mol. The molecule has 0 aliphatic carbocycles. The van der Waals surface area contributed by atoms with Gasteiger partial charge in [0.25, 0.3) is 0 Å². The maximum atomic E-state index is 12.2. The van der Waals surface area contributed by atoms with E-state index >= 15 is 0 Å². The molecule has 0 spiro atoms. The van der Waals surface area contributed by atoms with Crippen LogP contribution in [-0.4, -0.2) is 75.0 Å². The molecule has 1 fully saturated rings. The number of nitrogens with zero attached hydrogens (tertiary/aromatic N) is 2. The first-order chi connectivity index (χ1) is 10.1. The van der Waals surface area contributed by atoms with Gasteiger partial charge >= 0.3 is 0 Å². The molecule has 5 nitrogen and oxygen atoms in total. The minimum absolute atomic E-state index is 0.202. The Bertz CT molecular complexity index is 511. The molecular weight excluding hydrogens is 288 g/mol. The van der Waals surface area contributed by atoms with Crippen LogP contribution in [0.4, 0.5) is 0 Å². The van der Waals surface area contributed by atoms with Gasteiger partial charge in [0.2, 0.25) is 0 Å². The molecule has 118 valence electrons. The number of aliphatic hydroxyl groups excluding tert-OH is 1. The Labute approximate surface area is 127 Å². The summed E-state index contributed by atoms with van der Waals surface area (Å²) in [6.45, 7) is 5.55. The Morgan fingerprint density at radius 3 is 2.10 bits per heavy atom. The molecule has 1 saturated heterocycles. The largest absolute Gasteiger partial charge is 0.395 e.